The molecule has 0 N–H and O–H groups in total. The third-order valence-corrected chi connectivity index (χ3v) is 6.90. The van der Waals surface area contributed by atoms with Crippen LogP contribution in [0.15, 0.2) is 110 Å². The second-order valence-corrected chi connectivity index (χ2v) is 9.14. The van der Waals surface area contributed by atoms with E-state index in [1.807, 2.05) is 65.4 Å². The number of nitrogens with zero attached hydrogens (tertiary/aromatic N) is 5. The van der Waals surface area contributed by atoms with Crippen molar-refractivity contribution in [2.24, 2.45) is 0 Å². The number of benzene rings is 3. The third-order valence-electron chi connectivity index (χ3n) is 6.90. The molecule has 6 rings (SSSR count). The smallest absolute Gasteiger partial charge is 0.174 e. The third kappa shape index (κ3) is 3.82. The van der Waals surface area contributed by atoms with Crippen molar-refractivity contribution < 1.29 is 4.84 Å². The van der Waals surface area contributed by atoms with Gasteiger partial charge < -0.3 is 14.6 Å². The fraction of sp³-hybridized carbons (Fsp3) is 0.125. The van der Waals surface area contributed by atoms with Crippen LogP contribution in [0.25, 0.3) is 39.3 Å². The van der Waals surface area contributed by atoms with Crippen LogP contribution in [0.5, 0.6) is 0 Å². The minimum atomic E-state index is -0.119. The molecule has 6 nitrogen and oxygen atoms in total. The predicted molar refractivity (Wildman–Crippen MR) is 157 cm³/mol. The van der Waals surface area contributed by atoms with Gasteiger partial charge in [-0.1, -0.05) is 78.9 Å². The van der Waals surface area contributed by atoms with Crippen molar-refractivity contribution in [1.29, 1.82) is 0 Å². The molecule has 6 heteroatoms. The van der Waals surface area contributed by atoms with Crippen molar-refractivity contribution in [2.45, 2.75) is 6.17 Å². The highest BCUT2D eigenvalue weighted by atomic mass is 16.6. The maximum Gasteiger partial charge on any atom is 0.174 e. The Labute approximate surface area is 222 Å². The van der Waals surface area contributed by atoms with Crippen molar-refractivity contribution in [1.82, 2.24) is 14.7 Å². The molecule has 0 spiro atoms. The molecule has 1 aliphatic heterocycles. The van der Waals surface area contributed by atoms with Crippen molar-refractivity contribution in [3.05, 3.63) is 116 Å². The van der Waals surface area contributed by atoms with Crippen molar-refractivity contribution in [3.63, 3.8) is 0 Å². The second kappa shape index (κ2) is 9.90. The SMILES string of the molecule is C=CCN1c2nc3ccccc3nc2N(CC=C)C1C=Cc1c(-c2ccccc2)n(OC)c2ccccc12. The van der Waals surface area contributed by atoms with Crippen LogP contribution in [0.2, 0.25) is 0 Å². The van der Waals surface area contributed by atoms with Gasteiger partial charge in [0.1, 0.15) is 13.3 Å². The summed E-state index contributed by atoms with van der Waals surface area (Å²) in [6.45, 7) is 9.31. The molecule has 5 aromatic rings. The maximum absolute atomic E-state index is 5.90. The number of hydrogen-bond acceptors (Lipinski definition) is 5. The molecule has 188 valence electrons. The van der Waals surface area contributed by atoms with Gasteiger partial charge in [-0.3, -0.25) is 0 Å². The lowest BCUT2D eigenvalue weighted by Gasteiger charge is -2.28. The highest BCUT2D eigenvalue weighted by Gasteiger charge is 2.36. The highest BCUT2D eigenvalue weighted by molar-refractivity contribution is 5.97. The number of rotatable bonds is 8. The van der Waals surface area contributed by atoms with E-state index in [0.717, 1.165) is 50.4 Å². The molecule has 0 unspecified atom stereocenters. The van der Waals surface area contributed by atoms with Crippen LogP contribution in [-0.4, -0.2) is 41.1 Å². The first-order chi connectivity index (χ1) is 18.7. The van der Waals surface area contributed by atoms with Gasteiger partial charge in [-0.2, -0.15) is 4.73 Å². The zero-order chi connectivity index (χ0) is 26.1. The summed E-state index contributed by atoms with van der Waals surface area (Å²) in [6, 6.07) is 26.7. The van der Waals surface area contributed by atoms with Gasteiger partial charge in [0.25, 0.3) is 0 Å². The molecule has 38 heavy (non-hydrogen) atoms. The number of para-hydroxylation sites is 3. The molecule has 0 saturated heterocycles. The molecule has 0 amide bonds. The zero-order valence-electron chi connectivity index (χ0n) is 21.4. The molecule has 3 heterocycles. The lowest BCUT2D eigenvalue weighted by Crippen LogP contribution is -2.42. The van der Waals surface area contributed by atoms with Gasteiger partial charge in [0.2, 0.25) is 0 Å². The van der Waals surface area contributed by atoms with E-state index < -0.39 is 0 Å². The van der Waals surface area contributed by atoms with E-state index in [1.165, 1.54) is 0 Å². The summed E-state index contributed by atoms with van der Waals surface area (Å²) in [5.41, 5.74) is 5.95. The summed E-state index contributed by atoms with van der Waals surface area (Å²) in [7, 11) is 1.71. The molecule has 2 aromatic heterocycles. The first-order valence-corrected chi connectivity index (χ1v) is 12.7. The molecule has 0 atom stereocenters. The zero-order valence-corrected chi connectivity index (χ0v) is 21.4. The summed E-state index contributed by atoms with van der Waals surface area (Å²) in [4.78, 5) is 20.4. The van der Waals surface area contributed by atoms with Crippen LogP contribution < -0.4 is 14.6 Å². The summed E-state index contributed by atoms with van der Waals surface area (Å²) in [5.74, 6) is 1.70. The largest absolute Gasteiger partial charge is 0.416 e. The molecule has 3 aromatic carbocycles. The van der Waals surface area contributed by atoms with Crippen LogP contribution in [0.1, 0.15) is 5.56 Å². The standard InChI is InChI=1S/C32H29N5O/c1-4-21-35-29(36(22-5-2)32-31(35)33-26-16-10-11-17-27(26)34-32)20-19-25-24-15-9-12-18-28(24)37(38-3)30(25)23-13-7-6-8-14-23/h4-20,29H,1-2,21-22H2,3H3. The van der Waals surface area contributed by atoms with Crippen molar-refractivity contribution in [3.8, 4) is 11.3 Å². The Morgan fingerprint density at radius 3 is 1.97 bits per heavy atom. The van der Waals surface area contributed by atoms with Crippen LogP contribution in [0, 0.1) is 0 Å². The van der Waals surface area contributed by atoms with Gasteiger partial charge in [0, 0.05) is 29.6 Å². The lowest BCUT2D eigenvalue weighted by atomic mass is 10.0. The lowest BCUT2D eigenvalue weighted by molar-refractivity contribution is 0.183. The van der Waals surface area contributed by atoms with Gasteiger partial charge in [-0.05, 0) is 24.3 Å². The van der Waals surface area contributed by atoms with E-state index in [0.29, 0.717) is 13.1 Å². The summed E-state index contributed by atoms with van der Waals surface area (Å²) in [6.07, 6.45) is 8.11. The van der Waals surface area contributed by atoms with Gasteiger partial charge >= 0.3 is 0 Å². The quantitative estimate of drug-likeness (QED) is 0.233. The number of anilines is 2. The van der Waals surface area contributed by atoms with E-state index >= 15 is 0 Å². The van der Waals surface area contributed by atoms with E-state index in [4.69, 9.17) is 14.8 Å². The molecular formula is C32H29N5O. The Hall–Kier alpha value is -4.84. The maximum atomic E-state index is 5.90. The van der Waals surface area contributed by atoms with Crippen molar-refractivity contribution >= 4 is 39.6 Å². The van der Waals surface area contributed by atoms with Gasteiger partial charge in [0.15, 0.2) is 11.6 Å². The van der Waals surface area contributed by atoms with Crippen LogP contribution >= 0.6 is 0 Å². The van der Waals surface area contributed by atoms with Crippen LogP contribution in [-0.2, 0) is 0 Å². The monoisotopic (exact) mass is 499 g/mol. The van der Waals surface area contributed by atoms with Crippen LogP contribution in [0.3, 0.4) is 0 Å². The highest BCUT2D eigenvalue weighted by Crippen LogP contribution is 2.40. The minimum absolute atomic E-state index is 0.119. The van der Waals surface area contributed by atoms with Gasteiger partial charge in [0.05, 0.1) is 22.2 Å². The fourth-order valence-corrected chi connectivity index (χ4v) is 5.31. The van der Waals surface area contributed by atoms with E-state index in [9.17, 15) is 0 Å². The molecule has 0 aliphatic carbocycles. The Bertz CT molecular complexity index is 1610. The second-order valence-electron chi connectivity index (χ2n) is 9.14. The summed E-state index contributed by atoms with van der Waals surface area (Å²) >= 11 is 0. The fourth-order valence-electron chi connectivity index (χ4n) is 5.31. The Morgan fingerprint density at radius 2 is 1.37 bits per heavy atom. The number of hydrogen-bond donors (Lipinski definition) is 0. The number of fused-ring (bicyclic) bond motifs is 3. The average Bonchev–Trinajstić information content (AvgIpc) is 3.43. The van der Waals surface area contributed by atoms with E-state index in [2.05, 4.69) is 65.4 Å². The Balaban J connectivity index is 1.52. The van der Waals surface area contributed by atoms with Gasteiger partial charge in [-0.25, -0.2) is 9.97 Å². The first kappa shape index (κ1) is 23.6. The van der Waals surface area contributed by atoms with Crippen molar-refractivity contribution in [2.75, 3.05) is 30.0 Å². The molecule has 0 bridgehead atoms. The normalized spacial score (nSPS) is 13.5. The molecule has 0 fully saturated rings. The average molecular weight is 500 g/mol. The van der Waals surface area contributed by atoms with E-state index in [1.54, 1.807) is 7.11 Å². The van der Waals surface area contributed by atoms with E-state index in [-0.39, 0.29) is 6.17 Å². The topological polar surface area (TPSA) is 46.4 Å². The van der Waals surface area contributed by atoms with Crippen LogP contribution in [0.4, 0.5) is 11.6 Å². The predicted octanol–water partition coefficient (Wildman–Crippen LogP) is 6.35. The summed E-state index contributed by atoms with van der Waals surface area (Å²) < 4.78 is 1.91. The molecule has 0 saturated carbocycles. The Morgan fingerprint density at radius 1 is 0.789 bits per heavy atom. The van der Waals surface area contributed by atoms with Gasteiger partial charge in [-0.15, -0.1) is 13.2 Å². The Kier molecular flexibility index (Phi) is 6.14. The molecule has 0 radical (unpaired) electrons. The first-order valence-electron chi connectivity index (χ1n) is 12.7. The minimum Gasteiger partial charge on any atom is -0.416 e. The number of aromatic nitrogens is 3. The molecular weight excluding hydrogens is 470 g/mol. The summed E-state index contributed by atoms with van der Waals surface area (Å²) in [5, 5.41) is 1.12. The molecule has 1 aliphatic rings.